The molecule has 7 heteroatoms. The van der Waals surface area contributed by atoms with Gasteiger partial charge >= 0.3 is 0 Å². The Hall–Kier alpha value is -1.96. The fourth-order valence-corrected chi connectivity index (χ4v) is 4.50. The van der Waals surface area contributed by atoms with Crippen molar-refractivity contribution >= 4 is 16.8 Å². The van der Waals surface area contributed by atoms with Gasteiger partial charge in [-0.2, -0.15) is 5.10 Å². The third-order valence-corrected chi connectivity index (χ3v) is 7.18. The molecule has 1 aromatic heterocycles. The van der Waals surface area contributed by atoms with Gasteiger partial charge in [-0.05, 0) is 49.1 Å². The molecule has 0 bridgehead atoms. The molecule has 35 heavy (non-hydrogen) atoms. The van der Waals surface area contributed by atoms with Crippen molar-refractivity contribution in [2.45, 2.75) is 91.8 Å². The number of fused-ring (bicyclic) bond motifs is 1. The average molecular weight is 489 g/mol. The first-order valence-corrected chi connectivity index (χ1v) is 13.2. The van der Waals surface area contributed by atoms with Crippen LogP contribution in [0.15, 0.2) is 24.4 Å². The molecule has 0 aliphatic heterocycles. The molecule has 0 fully saturated rings. The lowest BCUT2D eigenvalue weighted by Gasteiger charge is -2.29. The first kappa shape index (κ1) is 29.3. The Bertz CT molecular complexity index is 909. The molecule has 3 atom stereocenters. The first-order valence-electron chi connectivity index (χ1n) is 13.2. The highest BCUT2D eigenvalue weighted by molar-refractivity contribution is 5.81. The predicted molar refractivity (Wildman–Crippen MR) is 143 cm³/mol. The largest absolute Gasteiger partial charge is 0.390 e. The number of aliphatic hydroxyl groups excluding tert-OH is 1. The van der Waals surface area contributed by atoms with Crippen molar-refractivity contribution in [2.24, 2.45) is 23.0 Å². The van der Waals surface area contributed by atoms with Gasteiger partial charge < -0.3 is 20.9 Å². The van der Waals surface area contributed by atoms with Crippen molar-refractivity contribution in [3.8, 4) is 0 Å². The van der Waals surface area contributed by atoms with Gasteiger partial charge in [0.25, 0.3) is 0 Å². The maximum absolute atomic E-state index is 12.6. The number of ether oxygens (including phenoxy) is 1. The molecular formula is C28H48N4O3. The molecule has 0 aliphatic rings. The Morgan fingerprint density at radius 1 is 1.29 bits per heavy atom. The van der Waals surface area contributed by atoms with E-state index in [9.17, 15) is 9.90 Å². The average Bonchev–Trinajstić information content (AvgIpc) is 3.22. The van der Waals surface area contributed by atoms with Gasteiger partial charge in [-0.25, -0.2) is 0 Å². The monoisotopic (exact) mass is 488 g/mol. The van der Waals surface area contributed by atoms with E-state index >= 15 is 0 Å². The Kier molecular flexibility index (Phi) is 11.7. The number of nitrogens with zero attached hydrogens (tertiary/aromatic N) is 2. The normalized spacial score (nSPS) is 14.9. The van der Waals surface area contributed by atoms with Crippen LogP contribution in [0.4, 0.5) is 0 Å². The number of aryl methyl sites for hydroxylation is 1. The summed E-state index contributed by atoms with van der Waals surface area (Å²) in [6, 6.07) is 6.13. The fourth-order valence-electron chi connectivity index (χ4n) is 4.50. The number of carbonyl (C=O) groups is 1. The molecule has 7 nitrogen and oxygen atoms in total. The number of carbonyl (C=O) groups excluding carboxylic acids is 1. The van der Waals surface area contributed by atoms with Crippen LogP contribution < -0.4 is 11.1 Å². The van der Waals surface area contributed by atoms with Crippen LogP contribution in [0.3, 0.4) is 0 Å². The van der Waals surface area contributed by atoms with E-state index in [0.29, 0.717) is 24.9 Å². The van der Waals surface area contributed by atoms with Crippen LogP contribution in [0, 0.1) is 17.3 Å². The van der Waals surface area contributed by atoms with E-state index < -0.39 is 17.6 Å². The van der Waals surface area contributed by atoms with Gasteiger partial charge in [0.15, 0.2) is 0 Å². The summed E-state index contributed by atoms with van der Waals surface area (Å²) < 4.78 is 7.22. The summed E-state index contributed by atoms with van der Waals surface area (Å²) in [4.78, 5) is 12.6. The topological polar surface area (TPSA) is 102 Å². The van der Waals surface area contributed by atoms with Gasteiger partial charge in [0.1, 0.15) is 0 Å². The zero-order chi connectivity index (χ0) is 26.0. The van der Waals surface area contributed by atoms with Gasteiger partial charge in [-0.3, -0.25) is 9.48 Å². The highest BCUT2D eigenvalue weighted by Crippen LogP contribution is 2.26. The summed E-state index contributed by atoms with van der Waals surface area (Å²) in [6.07, 6.45) is 6.55. The number of amides is 1. The number of nitrogens with two attached hydrogens (primary N) is 1. The van der Waals surface area contributed by atoms with Crippen molar-refractivity contribution in [2.75, 3.05) is 20.3 Å². The SMILES string of the molecule is CCCCC(C)(C)C(=O)NC[C@@H](O)[C@@H](N)C[C@H](Cc1ccc2cnn(CCCOC)c2c1)C(C)C. The van der Waals surface area contributed by atoms with Gasteiger partial charge in [0.2, 0.25) is 5.91 Å². The Labute approximate surface area is 211 Å². The molecule has 2 rings (SSSR count). The second-order valence-electron chi connectivity index (χ2n) is 11.0. The Balaban J connectivity index is 1.98. The summed E-state index contributed by atoms with van der Waals surface area (Å²) in [6.45, 7) is 12.2. The molecule has 0 radical (unpaired) electrons. The first-order chi connectivity index (χ1) is 16.6. The third kappa shape index (κ3) is 8.89. The molecule has 0 unspecified atom stereocenters. The van der Waals surface area contributed by atoms with Gasteiger partial charge in [-0.15, -0.1) is 0 Å². The summed E-state index contributed by atoms with van der Waals surface area (Å²) in [5.74, 6) is 0.713. The highest BCUT2D eigenvalue weighted by atomic mass is 16.5. The standard InChI is InChI=1S/C28H48N4O3/c1-7-8-12-28(4,5)27(34)30-19-26(33)24(29)17-23(20(2)3)15-21-10-11-22-18-31-32(25(22)16-21)13-9-14-35-6/h10-11,16,18,20,23-24,26,33H,7-9,12-15,17,19,29H2,1-6H3,(H,30,34)/t23-,24-,26+/m0/s1. The molecular weight excluding hydrogens is 440 g/mol. The summed E-state index contributed by atoms with van der Waals surface area (Å²) in [5, 5.41) is 19.3. The third-order valence-electron chi connectivity index (χ3n) is 7.18. The fraction of sp³-hybridized carbons (Fsp3) is 0.714. The summed E-state index contributed by atoms with van der Waals surface area (Å²) >= 11 is 0. The minimum atomic E-state index is -0.771. The zero-order valence-corrected chi connectivity index (χ0v) is 22.7. The van der Waals surface area contributed by atoms with E-state index in [-0.39, 0.29) is 12.5 Å². The van der Waals surface area contributed by atoms with E-state index in [1.807, 2.05) is 24.7 Å². The highest BCUT2D eigenvalue weighted by Gasteiger charge is 2.28. The van der Waals surface area contributed by atoms with Crippen molar-refractivity contribution in [3.05, 3.63) is 30.0 Å². The number of rotatable bonds is 16. The van der Waals surface area contributed by atoms with Gasteiger partial charge in [0, 0.05) is 43.6 Å². The van der Waals surface area contributed by atoms with E-state index in [4.69, 9.17) is 10.5 Å². The number of aliphatic hydroxyl groups is 1. The van der Waals surface area contributed by atoms with Crippen molar-refractivity contribution in [1.29, 1.82) is 0 Å². The molecule has 2 aromatic rings. The van der Waals surface area contributed by atoms with Crippen LogP contribution in [0.1, 0.15) is 72.3 Å². The maximum atomic E-state index is 12.6. The molecule has 1 heterocycles. The lowest BCUT2D eigenvalue weighted by Crippen LogP contribution is -2.47. The number of benzene rings is 1. The minimum Gasteiger partial charge on any atom is -0.390 e. The quantitative estimate of drug-likeness (QED) is 0.306. The molecule has 0 spiro atoms. The number of unbranched alkanes of at least 4 members (excludes halogenated alkanes) is 1. The minimum absolute atomic E-state index is 0.0203. The van der Waals surface area contributed by atoms with E-state index in [2.05, 4.69) is 49.4 Å². The predicted octanol–water partition coefficient (Wildman–Crippen LogP) is 4.30. The molecule has 1 amide bonds. The number of aromatic nitrogens is 2. The molecule has 198 valence electrons. The summed E-state index contributed by atoms with van der Waals surface area (Å²) in [5.41, 5.74) is 8.37. The van der Waals surface area contributed by atoms with Crippen LogP contribution in [0.2, 0.25) is 0 Å². The molecule has 4 N–H and O–H groups in total. The van der Waals surface area contributed by atoms with Crippen molar-refractivity contribution < 1.29 is 14.6 Å². The van der Waals surface area contributed by atoms with E-state index in [1.165, 1.54) is 5.56 Å². The zero-order valence-electron chi connectivity index (χ0n) is 22.7. The van der Waals surface area contributed by atoms with Gasteiger partial charge in [-0.1, -0.05) is 59.6 Å². The Morgan fingerprint density at radius 2 is 2.03 bits per heavy atom. The van der Waals surface area contributed by atoms with Crippen molar-refractivity contribution in [1.82, 2.24) is 15.1 Å². The molecule has 1 aromatic carbocycles. The van der Waals surface area contributed by atoms with Crippen LogP contribution in [-0.2, 0) is 22.5 Å². The number of hydrogen-bond donors (Lipinski definition) is 3. The Morgan fingerprint density at radius 3 is 2.69 bits per heavy atom. The maximum Gasteiger partial charge on any atom is 0.225 e. The number of methoxy groups -OCH3 is 1. The molecule has 0 saturated carbocycles. The number of nitrogens with one attached hydrogen (secondary N) is 1. The van der Waals surface area contributed by atoms with E-state index in [1.54, 1.807) is 7.11 Å². The van der Waals surface area contributed by atoms with Crippen molar-refractivity contribution in [3.63, 3.8) is 0 Å². The lowest BCUT2D eigenvalue weighted by molar-refractivity contribution is -0.130. The molecule has 0 aliphatic carbocycles. The molecule has 0 saturated heterocycles. The van der Waals surface area contributed by atoms with E-state index in [0.717, 1.165) is 49.6 Å². The van der Waals surface area contributed by atoms with Crippen LogP contribution in [-0.4, -0.2) is 53.2 Å². The van der Waals surface area contributed by atoms with Crippen LogP contribution in [0.25, 0.3) is 10.9 Å². The number of hydrogen-bond acceptors (Lipinski definition) is 5. The summed E-state index contributed by atoms with van der Waals surface area (Å²) in [7, 11) is 1.72. The van der Waals surface area contributed by atoms with Crippen LogP contribution >= 0.6 is 0 Å². The second-order valence-corrected chi connectivity index (χ2v) is 11.0. The smallest absolute Gasteiger partial charge is 0.225 e. The van der Waals surface area contributed by atoms with Gasteiger partial charge in [0.05, 0.1) is 17.8 Å². The lowest BCUT2D eigenvalue weighted by atomic mass is 9.83. The van der Waals surface area contributed by atoms with Crippen LogP contribution in [0.5, 0.6) is 0 Å². The second kappa shape index (κ2) is 14.0.